The van der Waals surface area contributed by atoms with Crippen molar-refractivity contribution in [2.45, 2.75) is 18.6 Å². The molecule has 1 N–H and O–H groups in total. The quantitative estimate of drug-likeness (QED) is 0.686. The molecule has 0 saturated carbocycles. The minimum absolute atomic E-state index is 0.173. The van der Waals surface area contributed by atoms with E-state index in [-0.39, 0.29) is 6.10 Å². The summed E-state index contributed by atoms with van der Waals surface area (Å²) in [5.41, 5.74) is 4.79. The van der Waals surface area contributed by atoms with E-state index in [1.54, 1.807) is 0 Å². The summed E-state index contributed by atoms with van der Waals surface area (Å²) in [5, 5.41) is 10.6. The van der Waals surface area contributed by atoms with E-state index in [2.05, 4.69) is 53.4 Å². The smallest absolute Gasteiger partial charge is 0.108 e. The van der Waals surface area contributed by atoms with Gasteiger partial charge in [0.1, 0.15) is 6.10 Å². The van der Waals surface area contributed by atoms with Crippen LogP contribution in [0.1, 0.15) is 22.8 Å². The summed E-state index contributed by atoms with van der Waals surface area (Å²) in [5.74, 6) is 0. The van der Waals surface area contributed by atoms with Gasteiger partial charge in [0.05, 0.1) is 12.7 Å². The summed E-state index contributed by atoms with van der Waals surface area (Å²) in [6, 6.07) is 28.8. The highest BCUT2D eigenvalue weighted by Gasteiger charge is 2.22. The number of aliphatic hydroxyl groups is 1. The number of para-hydroxylation sites is 1. The molecule has 0 aliphatic carbocycles. The van der Waals surface area contributed by atoms with Crippen LogP contribution in [0.5, 0.6) is 0 Å². The summed E-state index contributed by atoms with van der Waals surface area (Å²) in [6.07, 6.45) is 0.333. The molecule has 1 aliphatic rings. The monoisotopic (exact) mass is 359 g/mol. The van der Waals surface area contributed by atoms with E-state index in [1.165, 1.54) is 11.3 Å². The Morgan fingerprint density at radius 1 is 0.815 bits per heavy atom. The molecule has 0 fully saturated rings. The van der Waals surface area contributed by atoms with Gasteiger partial charge in [0, 0.05) is 18.8 Å². The molecule has 0 aromatic heterocycles. The number of aliphatic hydroxyl groups excluding tert-OH is 1. The number of ether oxygens (including phenoxy) is 1. The summed E-state index contributed by atoms with van der Waals surface area (Å²) in [7, 11) is 0. The van der Waals surface area contributed by atoms with Gasteiger partial charge >= 0.3 is 0 Å². The predicted octanol–water partition coefficient (Wildman–Crippen LogP) is 4.22. The third-order valence-electron chi connectivity index (χ3n) is 5.07. The van der Waals surface area contributed by atoms with Crippen molar-refractivity contribution in [2.24, 2.45) is 0 Å². The van der Waals surface area contributed by atoms with Gasteiger partial charge in [-0.3, -0.25) is 0 Å². The first-order valence-corrected chi connectivity index (χ1v) is 9.53. The van der Waals surface area contributed by atoms with Crippen LogP contribution in [0.15, 0.2) is 84.9 Å². The van der Waals surface area contributed by atoms with Crippen molar-refractivity contribution in [3.05, 3.63) is 102 Å². The fourth-order valence-electron chi connectivity index (χ4n) is 3.75. The third-order valence-corrected chi connectivity index (χ3v) is 5.07. The third kappa shape index (κ3) is 4.21. The van der Waals surface area contributed by atoms with E-state index in [0.717, 1.165) is 24.1 Å². The summed E-state index contributed by atoms with van der Waals surface area (Å²) in [6.45, 7) is 1.84. The molecule has 1 heterocycles. The van der Waals surface area contributed by atoms with Gasteiger partial charge in [-0.1, -0.05) is 78.9 Å². The molecule has 1 unspecified atom stereocenters. The van der Waals surface area contributed by atoms with Crippen LogP contribution < -0.4 is 4.90 Å². The van der Waals surface area contributed by atoms with Crippen molar-refractivity contribution >= 4 is 5.69 Å². The van der Waals surface area contributed by atoms with Gasteiger partial charge < -0.3 is 14.7 Å². The molecule has 3 heteroatoms. The first kappa shape index (κ1) is 17.8. The lowest BCUT2D eigenvalue weighted by atomic mass is 10.0. The van der Waals surface area contributed by atoms with Crippen LogP contribution in [0.2, 0.25) is 0 Å². The van der Waals surface area contributed by atoms with E-state index in [4.69, 9.17) is 4.74 Å². The highest BCUT2D eigenvalue weighted by molar-refractivity contribution is 5.57. The lowest BCUT2D eigenvalue weighted by Crippen LogP contribution is -2.34. The lowest BCUT2D eigenvalue weighted by Gasteiger charge is -2.25. The molecular weight excluding hydrogens is 334 g/mol. The molecule has 3 aromatic carbocycles. The molecule has 0 spiro atoms. The second-order valence-corrected chi connectivity index (χ2v) is 7.01. The van der Waals surface area contributed by atoms with Crippen molar-refractivity contribution in [1.82, 2.24) is 0 Å². The fraction of sp³-hybridized carbons (Fsp3) is 0.250. The standard InChI is InChI=1S/C24H25NO2/c26-22(17-25-16-15-19-9-7-8-14-23(19)25)18-27-24(20-10-3-1-4-11-20)21-12-5-2-6-13-21/h1-14,22,24,26H,15-18H2. The number of rotatable bonds is 7. The Morgan fingerprint density at radius 2 is 1.41 bits per heavy atom. The normalized spacial score (nSPS) is 14.4. The van der Waals surface area contributed by atoms with Crippen molar-refractivity contribution in [2.75, 3.05) is 24.6 Å². The maximum absolute atomic E-state index is 10.6. The number of anilines is 1. The van der Waals surface area contributed by atoms with E-state index >= 15 is 0 Å². The van der Waals surface area contributed by atoms with Crippen LogP contribution in [0.4, 0.5) is 5.69 Å². The zero-order valence-corrected chi connectivity index (χ0v) is 15.4. The molecule has 1 atom stereocenters. The Morgan fingerprint density at radius 3 is 2.07 bits per heavy atom. The first-order chi connectivity index (χ1) is 13.3. The molecule has 3 aromatic rings. The van der Waals surface area contributed by atoms with E-state index in [1.807, 2.05) is 36.4 Å². The number of hydrogen-bond donors (Lipinski definition) is 1. The van der Waals surface area contributed by atoms with E-state index in [9.17, 15) is 5.11 Å². The zero-order valence-electron chi connectivity index (χ0n) is 15.4. The summed E-state index contributed by atoms with van der Waals surface area (Å²) < 4.78 is 6.20. The van der Waals surface area contributed by atoms with Gasteiger partial charge in [-0.2, -0.15) is 0 Å². The Kier molecular flexibility index (Phi) is 5.52. The van der Waals surface area contributed by atoms with Gasteiger partial charge in [-0.25, -0.2) is 0 Å². The van der Waals surface area contributed by atoms with Crippen LogP contribution in [0, 0.1) is 0 Å². The van der Waals surface area contributed by atoms with E-state index in [0.29, 0.717) is 13.2 Å². The zero-order chi connectivity index (χ0) is 18.5. The molecule has 27 heavy (non-hydrogen) atoms. The Balaban J connectivity index is 1.42. The van der Waals surface area contributed by atoms with Crippen molar-refractivity contribution in [1.29, 1.82) is 0 Å². The largest absolute Gasteiger partial charge is 0.389 e. The lowest BCUT2D eigenvalue weighted by molar-refractivity contribution is 0.00926. The predicted molar refractivity (Wildman–Crippen MR) is 109 cm³/mol. The van der Waals surface area contributed by atoms with Crippen molar-refractivity contribution in [3.63, 3.8) is 0 Å². The number of nitrogens with zero attached hydrogens (tertiary/aromatic N) is 1. The van der Waals surface area contributed by atoms with Crippen molar-refractivity contribution < 1.29 is 9.84 Å². The second-order valence-electron chi connectivity index (χ2n) is 7.01. The minimum atomic E-state index is -0.536. The Hall–Kier alpha value is -2.62. The molecule has 3 nitrogen and oxygen atoms in total. The molecule has 138 valence electrons. The molecule has 0 saturated heterocycles. The minimum Gasteiger partial charge on any atom is -0.389 e. The Bertz CT molecular complexity index is 811. The van der Waals surface area contributed by atoms with Crippen molar-refractivity contribution in [3.8, 4) is 0 Å². The van der Waals surface area contributed by atoms with Gasteiger partial charge in [0.25, 0.3) is 0 Å². The van der Waals surface area contributed by atoms with Crippen LogP contribution in [0.25, 0.3) is 0 Å². The highest BCUT2D eigenvalue weighted by atomic mass is 16.5. The number of benzene rings is 3. The molecule has 0 amide bonds. The van der Waals surface area contributed by atoms with Crippen LogP contribution in [-0.4, -0.2) is 30.9 Å². The maximum Gasteiger partial charge on any atom is 0.108 e. The van der Waals surface area contributed by atoms with Gasteiger partial charge in [-0.05, 0) is 29.2 Å². The van der Waals surface area contributed by atoms with Crippen LogP contribution >= 0.6 is 0 Å². The summed E-state index contributed by atoms with van der Waals surface area (Å²) >= 11 is 0. The highest BCUT2D eigenvalue weighted by Crippen LogP contribution is 2.28. The topological polar surface area (TPSA) is 32.7 Å². The van der Waals surface area contributed by atoms with Gasteiger partial charge in [-0.15, -0.1) is 0 Å². The first-order valence-electron chi connectivity index (χ1n) is 9.53. The van der Waals surface area contributed by atoms with Crippen LogP contribution in [0.3, 0.4) is 0 Å². The molecule has 0 bridgehead atoms. The SMILES string of the molecule is OC(COC(c1ccccc1)c1ccccc1)CN1CCc2ccccc21. The van der Waals surface area contributed by atoms with E-state index < -0.39 is 6.10 Å². The molecule has 1 aliphatic heterocycles. The molecule has 0 radical (unpaired) electrons. The number of fused-ring (bicyclic) bond motifs is 1. The van der Waals surface area contributed by atoms with Gasteiger partial charge in [0.15, 0.2) is 0 Å². The number of β-amino-alcohol motifs (C(OH)–C–C–N with tert-alkyl or cyclic N) is 1. The Labute approximate surface area is 160 Å². The summed E-state index contributed by atoms with van der Waals surface area (Å²) in [4.78, 5) is 2.25. The second kappa shape index (κ2) is 8.38. The van der Waals surface area contributed by atoms with Crippen LogP contribution in [-0.2, 0) is 11.2 Å². The fourth-order valence-corrected chi connectivity index (χ4v) is 3.75. The van der Waals surface area contributed by atoms with Gasteiger partial charge in [0.2, 0.25) is 0 Å². The maximum atomic E-state index is 10.6. The number of hydrogen-bond acceptors (Lipinski definition) is 3. The average molecular weight is 359 g/mol. The molecule has 4 rings (SSSR count). The average Bonchev–Trinajstić information content (AvgIpc) is 3.13. The molecular formula is C24H25NO2.